The Morgan fingerprint density at radius 3 is 2.23 bits per heavy atom. The monoisotopic (exact) mass is 563 g/mol. The zero-order valence-electron chi connectivity index (χ0n) is 23.0. The van der Waals surface area contributed by atoms with Gasteiger partial charge in [-0.2, -0.15) is 0 Å². The van der Waals surface area contributed by atoms with Gasteiger partial charge >= 0.3 is 0 Å². The van der Waals surface area contributed by atoms with Gasteiger partial charge in [-0.05, 0) is 49.1 Å². The number of methoxy groups -OCH3 is 1. The molecule has 1 aliphatic carbocycles. The molecule has 1 unspecified atom stereocenters. The smallest absolute Gasteiger partial charge is 0.264 e. The molecule has 3 aromatic rings. The maximum absolute atomic E-state index is 14.1. The summed E-state index contributed by atoms with van der Waals surface area (Å²) >= 11 is 0. The van der Waals surface area contributed by atoms with Crippen LogP contribution in [0.2, 0.25) is 0 Å². The Labute approximate surface area is 237 Å². The van der Waals surface area contributed by atoms with Crippen LogP contribution in [-0.4, -0.2) is 50.9 Å². The number of nitrogens with zero attached hydrogens (tertiary/aromatic N) is 2. The molecule has 8 nitrogen and oxygen atoms in total. The van der Waals surface area contributed by atoms with Crippen LogP contribution in [0.25, 0.3) is 0 Å². The first-order chi connectivity index (χ1) is 19.3. The van der Waals surface area contributed by atoms with Crippen LogP contribution in [-0.2, 0) is 26.2 Å². The van der Waals surface area contributed by atoms with E-state index in [0.717, 1.165) is 35.6 Å². The van der Waals surface area contributed by atoms with Crippen LogP contribution in [0.1, 0.15) is 44.6 Å². The van der Waals surface area contributed by atoms with E-state index in [4.69, 9.17) is 4.74 Å². The predicted molar refractivity (Wildman–Crippen MR) is 155 cm³/mol. The van der Waals surface area contributed by atoms with E-state index >= 15 is 0 Å². The van der Waals surface area contributed by atoms with Crippen LogP contribution in [0.4, 0.5) is 5.69 Å². The molecule has 1 saturated carbocycles. The third kappa shape index (κ3) is 7.01. The number of ether oxygens (including phenoxy) is 1. The van der Waals surface area contributed by atoms with Crippen molar-refractivity contribution in [3.8, 4) is 5.75 Å². The van der Waals surface area contributed by atoms with Crippen molar-refractivity contribution in [2.24, 2.45) is 0 Å². The van der Waals surface area contributed by atoms with Crippen molar-refractivity contribution >= 4 is 27.5 Å². The molecule has 1 N–H and O–H groups in total. The number of hydrogen-bond donors (Lipinski definition) is 1. The summed E-state index contributed by atoms with van der Waals surface area (Å²) in [6, 6.07) is 23.4. The van der Waals surface area contributed by atoms with Gasteiger partial charge in [-0.15, -0.1) is 0 Å². The Kier molecular flexibility index (Phi) is 9.82. The van der Waals surface area contributed by atoms with Gasteiger partial charge in [0.15, 0.2) is 0 Å². The van der Waals surface area contributed by atoms with Crippen molar-refractivity contribution < 1.29 is 22.7 Å². The van der Waals surface area contributed by atoms with Gasteiger partial charge in [0.2, 0.25) is 11.8 Å². The van der Waals surface area contributed by atoms with Gasteiger partial charge < -0.3 is 15.0 Å². The van der Waals surface area contributed by atoms with Crippen LogP contribution in [0.3, 0.4) is 0 Å². The van der Waals surface area contributed by atoms with E-state index in [9.17, 15) is 18.0 Å². The Morgan fingerprint density at radius 2 is 1.60 bits per heavy atom. The van der Waals surface area contributed by atoms with E-state index in [1.54, 1.807) is 42.5 Å². The van der Waals surface area contributed by atoms with Gasteiger partial charge in [-0.25, -0.2) is 8.42 Å². The number of sulfonamides is 1. The molecule has 0 heterocycles. The molecular weight excluding hydrogens is 526 g/mol. The molecule has 9 heteroatoms. The number of nitrogens with one attached hydrogen (secondary N) is 1. The second-order valence-corrected chi connectivity index (χ2v) is 11.8. The second-order valence-electron chi connectivity index (χ2n) is 9.95. The average molecular weight is 564 g/mol. The number of amides is 2. The first-order valence-corrected chi connectivity index (χ1v) is 15.1. The standard InChI is InChI=1S/C31H37N3O5S/c1-3-29(31(36)32-25-15-10-11-16-25)33(22-24-13-6-4-7-14-24)30(35)23-34(26-17-12-18-27(21-26)39-2)40(37,38)28-19-8-5-9-20-28/h4-9,12-14,17-21,25,29H,3,10-11,15-16,22-23H2,1-2H3,(H,32,36). The number of rotatable bonds is 12. The van der Waals surface area contributed by atoms with Crippen LogP contribution in [0.5, 0.6) is 5.75 Å². The van der Waals surface area contributed by atoms with Crippen molar-refractivity contribution in [3.63, 3.8) is 0 Å². The normalized spacial score (nSPS) is 14.3. The molecule has 3 aromatic carbocycles. The minimum absolute atomic E-state index is 0.0613. The van der Waals surface area contributed by atoms with E-state index < -0.39 is 28.5 Å². The van der Waals surface area contributed by atoms with Crippen LogP contribution < -0.4 is 14.4 Å². The highest BCUT2D eigenvalue weighted by atomic mass is 32.2. The molecule has 4 rings (SSSR count). The molecule has 0 radical (unpaired) electrons. The molecule has 0 bridgehead atoms. The lowest BCUT2D eigenvalue weighted by Crippen LogP contribution is -2.53. The van der Waals surface area contributed by atoms with Crippen molar-refractivity contribution in [2.75, 3.05) is 18.0 Å². The van der Waals surface area contributed by atoms with E-state index in [1.165, 1.54) is 24.1 Å². The third-order valence-corrected chi connectivity index (χ3v) is 9.02. The molecule has 0 saturated heterocycles. The number of carbonyl (C=O) groups excluding carboxylic acids is 2. The Morgan fingerprint density at radius 1 is 0.950 bits per heavy atom. The molecular formula is C31H37N3O5S. The van der Waals surface area contributed by atoms with Gasteiger partial charge in [0, 0.05) is 18.7 Å². The average Bonchev–Trinajstić information content (AvgIpc) is 3.49. The summed E-state index contributed by atoms with van der Waals surface area (Å²) in [5.74, 6) is -0.223. The Balaban J connectivity index is 1.70. The van der Waals surface area contributed by atoms with Crippen molar-refractivity contribution in [2.45, 2.75) is 62.6 Å². The summed E-state index contributed by atoms with van der Waals surface area (Å²) in [4.78, 5) is 29.2. The summed E-state index contributed by atoms with van der Waals surface area (Å²) in [7, 11) is -2.63. The Bertz CT molecular complexity index is 1380. The number of carbonyl (C=O) groups is 2. The fraction of sp³-hybridized carbons (Fsp3) is 0.355. The first-order valence-electron chi connectivity index (χ1n) is 13.7. The van der Waals surface area contributed by atoms with Crippen LogP contribution in [0, 0.1) is 0 Å². The van der Waals surface area contributed by atoms with Crippen molar-refractivity contribution in [3.05, 3.63) is 90.5 Å². The maximum Gasteiger partial charge on any atom is 0.264 e. The molecule has 0 spiro atoms. The van der Waals surface area contributed by atoms with Crippen LogP contribution >= 0.6 is 0 Å². The molecule has 212 valence electrons. The zero-order valence-corrected chi connectivity index (χ0v) is 23.8. The van der Waals surface area contributed by atoms with Gasteiger partial charge in [0.1, 0.15) is 18.3 Å². The summed E-state index contributed by atoms with van der Waals surface area (Å²) < 4.78 is 34.2. The van der Waals surface area contributed by atoms with Gasteiger partial charge in [0.25, 0.3) is 10.0 Å². The SMILES string of the molecule is CCC(C(=O)NC1CCCC1)N(Cc1ccccc1)C(=O)CN(c1cccc(OC)c1)S(=O)(=O)c1ccccc1. The molecule has 2 amide bonds. The fourth-order valence-corrected chi connectivity index (χ4v) is 6.51. The lowest BCUT2D eigenvalue weighted by atomic mass is 10.1. The third-order valence-electron chi connectivity index (χ3n) is 7.23. The van der Waals surface area contributed by atoms with Crippen LogP contribution in [0.15, 0.2) is 89.8 Å². The van der Waals surface area contributed by atoms with Gasteiger partial charge in [0.05, 0.1) is 17.7 Å². The van der Waals surface area contributed by atoms with E-state index in [0.29, 0.717) is 17.9 Å². The molecule has 1 fully saturated rings. The summed E-state index contributed by atoms with van der Waals surface area (Å²) in [6.07, 6.45) is 4.38. The number of benzene rings is 3. The highest BCUT2D eigenvalue weighted by molar-refractivity contribution is 7.92. The molecule has 1 aliphatic rings. The largest absolute Gasteiger partial charge is 0.497 e. The predicted octanol–water partition coefficient (Wildman–Crippen LogP) is 4.76. The zero-order chi connectivity index (χ0) is 28.5. The maximum atomic E-state index is 14.1. The lowest BCUT2D eigenvalue weighted by Gasteiger charge is -2.33. The topological polar surface area (TPSA) is 96.0 Å². The van der Waals surface area contributed by atoms with E-state index in [1.807, 2.05) is 37.3 Å². The highest BCUT2D eigenvalue weighted by Gasteiger charge is 2.34. The number of anilines is 1. The number of hydrogen-bond acceptors (Lipinski definition) is 5. The minimum atomic E-state index is -4.12. The molecule has 40 heavy (non-hydrogen) atoms. The summed E-state index contributed by atoms with van der Waals surface area (Å²) in [5.41, 5.74) is 1.14. The van der Waals surface area contributed by atoms with E-state index in [2.05, 4.69) is 5.32 Å². The van der Waals surface area contributed by atoms with Crippen molar-refractivity contribution in [1.82, 2.24) is 10.2 Å². The van der Waals surface area contributed by atoms with Gasteiger partial charge in [-0.1, -0.05) is 74.4 Å². The molecule has 0 aromatic heterocycles. The molecule has 0 aliphatic heterocycles. The summed E-state index contributed by atoms with van der Waals surface area (Å²) in [5, 5.41) is 3.13. The highest BCUT2D eigenvalue weighted by Crippen LogP contribution is 2.28. The lowest BCUT2D eigenvalue weighted by molar-refractivity contribution is -0.140. The van der Waals surface area contributed by atoms with Gasteiger partial charge in [-0.3, -0.25) is 13.9 Å². The first kappa shape index (κ1) is 29.1. The fourth-order valence-electron chi connectivity index (χ4n) is 5.08. The quantitative estimate of drug-likeness (QED) is 0.343. The van der Waals surface area contributed by atoms with Crippen molar-refractivity contribution in [1.29, 1.82) is 0 Å². The second kappa shape index (κ2) is 13.5. The van der Waals surface area contributed by atoms with E-state index in [-0.39, 0.29) is 23.4 Å². The summed E-state index contributed by atoms with van der Waals surface area (Å²) in [6.45, 7) is 1.56. The Hall–Kier alpha value is -3.85. The minimum Gasteiger partial charge on any atom is -0.497 e. The molecule has 1 atom stereocenters.